The second-order valence-electron chi connectivity index (χ2n) is 6.34. The van der Waals surface area contributed by atoms with Crippen LogP contribution in [0, 0.1) is 6.92 Å². The highest BCUT2D eigenvalue weighted by Crippen LogP contribution is 2.24. The fraction of sp³-hybridized carbons (Fsp3) is 0.286. The van der Waals surface area contributed by atoms with E-state index in [0.717, 1.165) is 47.5 Å². The highest BCUT2D eigenvalue weighted by atomic mass is 16.1. The number of rotatable bonds is 7. The van der Waals surface area contributed by atoms with E-state index in [1.807, 2.05) is 31.2 Å². The molecule has 134 valence electrons. The second-order valence-corrected chi connectivity index (χ2v) is 6.34. The molecular weight excluding hydrogens is 324 g/mol. The normalized spacial score (nSPS) is 10.7. The number of nitrogens with one attached hydrogen (secondary N) is 2. The van der Waals surface area contributed by atoms with Crippen LogP contribution in [0.25, 0.3) is 10.9 Å². The first-order valence-electron chi connectivity index (χ1n) is 8.95. The van der Waals surface area contributed by atoms with Gasteiger partial charge in [-0.15, -0.1) is 0 Å². The van der Waals surface area contributed by atoms with Crippen LogP contribution in [0.4, 0.5) is 11.5 Å². The molecule has 0 aliphatic heterocycles. The number of aromatic nitrogens is 2. The Morgan fingerprint density at radius 3 is 2.54 bits per heavy atom. The first-order valence-corrected chi connectivity index (χ1v) is 8.95. The summed E-state index contributed by atoms with van der Waals surface area (Å²) in [6.07, 6.45) is 3.49. The van der Waals surface area contributed by atoms with Crippen LogP contribution in [-0.2, 0) is 11.2 Å². The number of amides is 1. The summed E-state index contributed by atoms with van der Waals surface area (Å²) >= 11 is 0. The van der Waals surface area contributed by atoms with E-state index in [1.54, 1.807) is 7.05 Å². The third kappa shape index (κ3) is 4.57. The van der Waals surface area contributed by atoms with Crippen LogP contribution < -0.4 is 10.6 Å². The molecule has 0 spiro atoms. The van der Waals surface area contributed by atoms with E-state index in [4.69, 9.17) is 0 Å². The van der Waals surface area contributed by atoms with E-state index in [0.29, 0.717) is 6.42 Å². The lowest BCUT2D eigenvalue weighted by molar-refractivity contribution is -0.120. The summed E-state index contributed by atoms with van der Waals surface area (Å²) in [7, 11) is 1.68. The predicted octanol–water partition coefficient (Wildman–Crippen LogP) is 4.14. The number of benzene rings is 2. The van der Waals surface area contributed by atoms with E-state index in [9.17, 15) is 4.79 Å². The smallest absolute Gasteiger partial charge is 0.219 e. The van der Waals surface area contributed by atoms with Gasteiger partial charge in [-0.3, -0.25) is 4.79 Å². The zero-order valence-corrected chi connectivity index (χ0v) is 15.2. The summed E-state index contributed by atoms with van der Waals surface area (Å²) in [4.78, 5) is 20.2. The van der Waals surface area contributed by atoms with Crippen molar-refractivity contribution in [2.24, 2.45) is 0 Å². The molecule has 0 bridgehead atoms. The van der Waals surface area contributed by atoms with Crippen LogP contribution >= 0.6 is 0 Å². The largest absolute Gasteiger partial charge is 0.359 e. The maximum Gasteiger partial charge on any atom is 0.219 e. The minimum Gasteiger partial charge on any atom is -0.359 e. The molecule has 0 unspecified atom stereocenters. The van der Waals surface area contributed by atoms with E-state index in [-0.39, 0.29) is 5.91 Å². The van der Waals surface area contributed by atoms with Gasteiger partial charge in [0.2, 0.25) is 5.91 Å². The fourth-order valence-electron chi connectivity index (χ4n) is 2.92. The molecule has 5 nitrogen and oxygen atoms in total. The number of unbranched alkanes of at least 4 members (excludes halogenated alkanes) is 1. The van der Waals surface area contributed by atoms with Crippen molar-refractivity contribution in [2.45, 2.75) is 32.6 Å². The Morgan fingerprint density at radius 1 is 1.00 bits per heavy atom. The highest BCUT2D eigenvalue weighted by molar-refractivity contribution is 5.90. The van der Waals surface area contributed by atoms with Crippen LogP contribution in [0.5, 0.6) is 0 Å². The Balaban J connectivity index is 1.64. The Morgan fingerprint density at radius 2 is 1.77 bits per heavy atom. The van der Waals surface area contributed by atoms with Gasteiger partial charge >= 0.3 is 0 Å². The molecule has 0 atom stereocenters. The molecule has 1 aromatic heterocycles. The van der Waals surface area contributed by atoms with Crippen LogP contribution in [0.1, 0.15) is 30.7 Å². The number of anilines is 2. The zero-order chi connectivity index (χ0) is 18.4. The summed E-state index contributed by atoms with van der Waals surface area (Å²) in [5, 5.41) is 7.06. The molecule has 3 rings (SSSR count). The number of aryl methyl sites for hydroxylation is 2. The number of hydrogen-bond donors (Lipinski definition) is 2. The molecule has 0 radical (unpaired) electrons. The van der Waals surface area contributed by atoms with Gasteiger partial charge in [0.05, 0.1) is 5.52 Å². The van der Waals surface area contributed by atoms with Crippen LogP contribution in [0.3, 0.4) is 0 Å². The van der Waals surface area contributed by atoms with Crippen molar-refractivity contribution in [3.8, 4) is 0 Å². The average molecular weight is 348 g/mol. The monoisotopic (exact) mass is 348 g/mol. The number of nitrogens with zero attached hydrogens (tertiary/aromatic N) is 2. The lowest BCUT2D eigenvalue weighted by Crippen LogP contribution is -2.16. The van der Waals surface area contributed by atoms with E-state index in [2.05, 4.69) is 44.9 Å². The molecular formula is C21H24N4O. The van der Waals surface area contributed by atoms with Gasteiger partial charge < -0.3 is 10.6 Å². The molecule has 0 saturated carbocycles. The van der Waals surface area contributed by atoms with Gasteiger partial charge in [0, 0.05) is 24.5 Å². The van der Waals surface area contributed by atoms with Crippen molar-refractivity contribution < 1.29 is 4.79 Å². The van der Waals surface area contributed by atoms with Gasteiger partial charge in [-0.05, 0) is 56.0 Å². The van der Waals surface area contributed by atoms with E-state index < -0.39 is 0 Å². The van der Waals surface area contributed by atoms with Crippen molar-refractivity contribution in [1.82, 2.24) is 15.3 Å². The molecule has 1 heterocycles. The van der Waals surface area contributed by atoms with Crippen molar-refractivity contribution >= 4 is 28.3 Å². The maximum absolute atomic E-state index is 11.2. The average Bonchev–Trinajstić information content (AvgIpc) is 2.66. The maximum atomic E-state index is 11.2. The molecule has 5 heteroatoms. The lowest BCUT2D eigenvalue weighted by Gasteiger charge is -2.10. The van der Waals surface area contributed by atoms with Crippen LogP contribution in [0.15, 0.2) is 48.5 Å². The Hall–Kier alpha value is -2.95. The third-order valence-corrected chi connectivity index (χ3v) is 4.33. The molecule has 26 heavy (non-hydrogen) atoms. The predicted molar refractivity (Wildman–Crippen MR) is 106 cm³/mol. The first kappa shape index (κ1) is 17.9. The first-order chi connectivity index (χ1) is 12.7. The summed E-state index contributed by atoms with van der Waals surface area (Å²) < 4.78 is 0. The minimum absolute atomic E-state index is 0.108. The zero-order valence-electron chi connectivity index (χ0n) is 15.2. The SMILES string of the molecule is CNC(=O)CCCCc1ccc(Nc2nc(C)nc3ccccc23)cc1. The van der Waals surface area contributed by atoms with E-state index in [1.165, 1.54) is 5.56 Å². The number of fused-ring (bicyclic) bond motifs is 1. The Kier molecular flexibility index (Phi) is 5.79. The molecule has 0 aliphatic carbocycles. The van der Waals surface area contributed by atoms with Gasteiger partial charge in [-0.1, -0.05) is 24.3 Å². The van der Waals surface area contributed by atoms with Crippen molar-refractivity contribution in [2.75, 3.05) is 12.4 Å². The number of carbonyl (C=O) groups is 1. The second kappa shape index (κ2) is 8.43. The van der Waals surface area contributed by atoms with Gasteiger partial charge in [-0.2, -0.15) is 0 Å². The minimum atomic E-state index is 0.108. The summed E-state index contributed by atoms with van der Waals surface area (Å²) in [6.45, 7) is 1.90. The molecule has 0 aliphatic rings. The van der Waals surface area contributed by atoms with Gasteiger partial charge in [0.1, 0.15) is 11.6 Å². The van der Waals surface area contributed by atoms with E-state index >= 15 is 0 Å². The standard InChI is InChI=1S/C21H24N4O/c1-15-23-19-9-5-4-8-18(19)21(24-15)25-17-13-11-16(12-14-17)7-3-6-10-20(26)22-2/h4-5,8-9,11-14H,3,6-7,10H2,1-2H3,(H,22,26)(H,23,24,25). The van der Waals surface area contributed by atoms with Gasteiger partial charge in [0.25, 0.3) is 0 Å². The number of para-hydroxylation sites is 1. The molecule has 0 fully saturated rings. The summed E-state index contributed by atoms with van der Waals surface area (Å²) in [5.74, 6) is 1.68. The van der Waals surface area contributed by atoms with Gasteiger partial charge in [-0.25, -0.2) is 9.97 Å². The quantitative estimate of drug-likeness (QED) is 0.630. The fourth-order valence-corrected chi connectivity index (χ4v) is 2.92. The van der Waals surface area contributed by atoms with Crippen molar-refractivity contribution in [3.63, 3.8) is 0 Å². The highest BCUT2D eigenvalue weighted by Gasteiger charge is 2.06. The number of carbonyl (C=O) groups excluding carboxylic acids is 1. The molecule has 2 aromatic carbocycles. The Bertz CT molecular complexity index is 890. The molecule has 1 amide bonds. The lowest BCUT2D eigenvalue weighted by atomic mass is 10.1. The topological polar surface area (TPSA) is 66.9 Å². The van der Waals surface area contributed by atoms with Crippen molar-refractivity contribution in [3.05, 3.63) is 59.9 Å². The number of hydrogen-bond acceptors (Lipinski definition) is 4. The molecule has 2 N–H and O–H groups in total. The third-order valence-electron chi connectivity index (χ3n) is 4.33. The van der Waals surface area contributed by atoms with Crippen molar-refractivity contribution in [1.29, 1.82) is 0 Å². The van der Waals surface area contributed by atoms with Gasteiger partial charge in [0.15, 0.2) is 0 Å². The molecule has 0 saturated heterocycles. The summed E-state index contributed by atoms with van der Waals surface area (Å²) in [6, 6.07) is 16.4. The molecule has 3 aromatic rings. The Labute approximate surface area is 153 Å². The van der Waals surface area contributed by atoms with Crippen LogP contribution in [-0.4, -0.2) is 22.9 Å². The van der Waals surface area contributed by atoms with Crippen LogP contribution in [0.2, 0.25) is 0 Å². The summed E-state index contributed by atoms with van der Waals surface area (Å²) in [5.41, 5.74) is 3.22.